The van der Waals surface area contributed by atoms with Gasteiger partial charge in [-0.2, -0.15) is 0 Å². The van der Waals surface area contributed by atoms with Crippen LogP contribution < -0.4 is 5.73 Å². The Morgan fingerprint density at radius 2 is 1.75 bits per heavy atom. The lowest BCUT2D eigenvalue weighted by Crippen LogP contribution is -2.48. The molecule has 0 heterocycles. The van der Waals surface area contributed by atoms with Gasteiger partial charge in [0.25, 0.3) is 0 Å². The predicted molar refractivity (Wildman–Crippen MR) is 63.9 cm³/mol. The molecule has 4 heteroatoms. The molecule has 0 unspecified atom stereocenters. The maximum atomic E-state index is 11.9. The molecule has 0 bridgehead atoms. The third kappa shape index (κ3) is 6.08. The van der Waals surface area contributed by atoms with Crippen LogP contribution in [0, 0.1) is 5.92 Å². The van der Waals surface area contributed by atoms with E-state index in [1.165, 1.54) is 0 Å². The maximum absolute atomic E-state index is 11.9. The Kier molecular flexibility index (Phi) is 4.95. The van der Waals surface area contributed by atoms with Crippen LogP contribution in [0.1, 0.15) is 48.0 Å². The summed E-state index contributed by atoms with van der Waals surface area (Å²) in [7, 11) is 0. The molecule has 0 aliphatic heterocycles. The molecule has 96 valence electrons. The summed E-state index contributed by atoms with van der Waals surface area (Å²) >= 11 is 0. The van der Waals surface area contributed by atoms with Crippen molar-refractivity contribution in [2.24, 2.45) is 11.7 Å². The zero-order chi connectivity index (χ0) is 13.1. The predicted octanol–water partition coefficient (Wildman–Crippen LogP) is 1.45. The average Bonchev–Trinajstić information content (AvgIpc) is 1.94. The van der Waals surface area contributed by atoms with E-state index in [1.807, 2.05) is 0 Å². The minimum atomic E-state index is -0.933. The van der Waals surface area contributed by atoms with E-state index in [-0.39, 0.29) is 12.1 Å². The molecule has 0 aromatic heterocycles. The summed E-state index contributed by atoms with van der Waals surface area (Å²) in [5.74, 6) is -0.848. The van der Waals surface area contributed by atoms with E-state index in [9.17, 15) is 9.90 Å². The quantitative estimate of drug-likeness (QED) is 0.702. The van der Waals surface area contributed by atoms with Crippen LogP contribution >= 0.6 is 0 Å². The van der Waals surface area contributed by atoms with E-state index in [0.29, 0.717) is 6.42 Å². The Hall–Kier alpha value is -0.610. The van der Waals surface area contributed by atoms with E-state index < -0.39 is 17.1 Å². The molecule has 0 aliphatic rings. The Labute approximate surface area is 98.2 Å². The molecule has 0 radical (unpaired) electrons. The maximum Gasteiger partial charge on any atom is 0.311 e. The van der Waals surface area contributed by atoms with E-state index in [1.54, 1.807) is 41.5 Å². The summed E-state index contributed by atoms with van der Waals surface area (Å²) in [5.41, 5.74) is 4.32. The highest BCUT2D eigenvalue weighted by molar-refractivity contribution is 5.74. The number of hydrogen-bond acceptors (Lipinski definition) is 4. The van der Waals surface area contributed by atoms with Gasteiger partial charge in [0.15, 0.2) is 0 Å². The summed E-state index contributed by atoms with van der Waals surface area (Å²) in [5, 5.41) is 9.77. The number of nitrogens with two attached hydrogens (primary N) is 1. The highest BCUT2D eigenvalue weighted by Crippen LogP contribution is 2.26. The van der Waals surface area contributed by atoms with Crippen LogP contribution in [0.3, 0.4) is 0 Å². The minimum absolute atomic E-state index is 0.167. The van der Waals surface area contributed by atoms with Gasteiger partial charge in [-0.1, -0.05) is 0 Å². The SMILES string of the molecule is CC(C)OC(=O)[C@@H](CC(C)(C)O)C(C)(C)N. The van der Waals surface area contributed by atoms with Crippen LogP contribution in [0.25, 0.3) is 0 Å². The second kappa shape index (κ2) is 5.15. The van der Waals surface area contributed by atoms with E-state index >= 15 is 0 Å². The number of hydrogen-bond donors (Lipinski definition) is 2. The van der Waals surface area contributed by atoms with Crippen molar-refractivity contribution < 1.29 is 14.6 Å². The zero-order valence-electron chi connectivity index (χ0n) is 11.2. The lowest BCUT2D eigenvalue weighted by Gasteiger charge is -2.33. The molecular weight excluding hydrogens is 206 g/mol. The first-order valence-electron chi connectivity index (χ1n) is 5.65. The molecule has 0 fully saturated rings. The van der Waals surface area contributed by atoms with Crippen LogP contribution in [0.5, 0.6) is 0 Å². The Balaban J connectivity index is 4.76. The number of carbonyl (C=O) groups excluding carboxylic acids is 1. The Bertz CT molecular complexity index is 236. The van der Waals surface area contributed by atoms with Crippen LogP contribution in [0.15, 0.2) is 0 Å². The molecule has 0 aliphatic carbocycles. The van der Waals surface area contributed by atoms with Crippen molar-refractivity contribution in [1.82, 2.24) is 0 Å². The zero-order valence-corrected chi connectivity index (χ0v) is 11.2. The van der Waals surface area contributed by atoms with Crippen molar-refractivity contribution in [3.05, 3.63) is 0 Å². The van der Waals surface area contributed by atoms with Crippen LogP contribution in [-0.4, -0.2) is 28.3 Å². The summed E-state index contributed by atoms with van der Waals surface area (Å²) in [6, 6.07) is 0. The van der Waals surface area contributed by atoms with Crippen LogP contribution in [-0.2, 0) is 9.53 Å². The number of rotatable bonds is 5. The third-order valence-electron chi connectivity index (χ3n) is 2.24. The van der Waals surface area contributed by atoms with Crippen molar-refractivity contribution in [2.45, 2.75) is 65.2 Å². The fourth-order valence-electron chi connectivity index (χ4n) is 1.46. The summed E-state index contributed by atoms with van der Waals surface area (Å²) in [4.78, 5) is 11.9. The third-order valence-corrected chi connectivity index (χ3v) is 2.24. The average molecular weight is 231 g/mol. The highest BCUT2D eigenvalue weighted by Gasteiger charge is 2.37. The lowest BCUT2D eigenvalue weighted by molar-refractivity contribution is -0.157. The lowest BCUT2D eigenvalue weighted by atomic mass is 9.80. The van der Waals surface area contributed by atoms with E-state index in [2.05, 4.69) is 0 Å². The summed E-state index contributed by atoms with van der Waals surface area (Å²) < 4.78 is 5.15. The van der Waals surface area contributed by atoms with Crippen molar-refractivity contribution >= 4 is 5.97 Å². The molecule has 0 aromatic carbocycles. The van der Waals surface area contributed by atoms with E-state index in [0.717, 1.165) is 0 Å². The molecule has 0 spiro atoms. The monoisotopic (exact) mass is 231 g/mol. The van der Waals surface area contributed by atoms with Gasteiger partial charge in [-0.15, -0.1) is 0 Å². The molecule has 0 rings (SSSR count). The van der Waals surface area contributed by atoms with E-state index in [4.69, 9.17) is 10.5 Å². The number of aliphatic hydroxyl groups is 1. The summed E-state index contributed by atoms with van der Waals surface area (Å²) in [6.07, 6.45) is 0.126. The van der Waals surface area contributed by atoms with Gasteiger partial charge in [0.1, 0.15) is 0 Å². The Morgan fingerprint density at radius 1 is 1.31 bits per heavy atom. The standard InChI is InChI=1S/C12H25NO3/c1-8(2)16-10(14)9(12(5,6)13)7-11(3,4)15/h8-9,15H,7,13H2,1-6H3/t9-/m1/s1. The molecular formula is C12H25NO3. The van der Waals surface area contributed by atoms with Crippen LogP contribution in [0.2, 0.25) is 0 Å². The molecule has 0 saturated heterocycles. The van der Waals surface area contributed by atoms with Gasteiger partial charge in [0.05, 0.1) is 17.6 Å². The first-order chi connectivity index (χ1) is 6.93. The van der Waals surface area contributed by atoms with Crippen LogP contribution in [0.4, 0.5) is 0 Å². The van der Waals surface area contributed by atoms with Gasteiger partial charge in [-0.3, -0.25) is 4.79 Å². The van der Waals surface area contributed by atoms with Crippen molar-refractivity contribution in [3.8, 4) is 0 Å². The second-order valence-corrected chi connectivity index (χ2v) is 5.88. The number of esters is 1. The van der Waals surface area contributed by atoms with Crippen molar-refractivity contribution in [3.63, 3.8) is 0 Å². The van der Waals surface area contributed by atoms with Gasteiger partial charge in [0.2, 0.25) is 0 Å². The Morgan fingerprint density at radius 3 is 2.00 bits per heavy atom. The molecule has 4 nitrogen and oxygen atoms in total. The number of ether oxygens (including phenoxy) is 1. The molecule has 0 aromatic rings. The van der Waals surface area contributed by atoms with Gasteiger partial charge in [0, 0.05) is 5.54 Å². The first-order valence-corrected chi connectivity index (χ1v) is 5.65. The van der Waals surface area contributed by atoms with Gasteiger partial charge < -0.3 is 15.6 Å². The van der Waals surface area contributed by atoms with Gasteiger partial charge in [-0.25, -0.2) is 0 Å². The van der Waals surface area contributed by atoms with Gasteiger partial charge >= 0.3 is 5.97 Å². The fraction of sp³-hybridized carbons (Fsp3) is 0.917. The number of carbonyl (C=O) groups is 1. The smallest absolute Gasteiger partial charge is 0.311 e. The highest BCUT2D eigenvalue weighted by atomic mass is 16.5. The fourth-order valence-corrected chi connectivity index (χ4v) is 1.46. The topological polar surface area (TPSA) is 72.5 Å². The molecule has 3 N–H and O–H groups in total. The first kappa shape index (κ1) is 15.4. The molecule has 1 atom stereocenters. The van der Waals surface area contributed by atoms with Crippen molar-refractivity contribution in [1.29, 1.82) is 0 Å². The van der Waals surface area contributed by atoms with Gasteiger partial charge in [-0.05, 0) is 48.0 Å². The molecule has 16 heavy (non-hydrogen) atoms. The summed E-state index contributed by atoms with van der Waals surface area (Å²) in [6.45, 7) is 10.4. The normalized spacial score (nSPS) is 15.1. The second-order valence-electron chi connectivity index (χ2n) is 5.88. The molecule has 0 saturated carbocycles. The molecule has 0 amide bonds. The van der Waals surface area contributed by atoms with Crippen molar-refractivity contribution in [2.75, 3.05) is 0 Å². The minimum Gasteiger partial charge on any atom is -0.463 e. The largest absolute Gasteiger partial charge is 0.463 e.